The molecule has 1 aliphatic heterocycles. The number of carbonyl (C=O) groups is 2. The first kappa shape index (κ1) is 28.7. The van der Waals surface area contributed by atoms with Gasteiger partial charge in [-0.05, 0) is 91.0 Å². The summed E-state index contributed by atoms with van der Waals surface area (Å²) in [5, 5.41) is 23.9. The van der Waals surface area contributed by atoms with Crippen LogP contribution in [0.15, 0.2) is 46.9 Å². The number of aromatic nitrogens is 2. The Labute approximate surface area is 256 Å². The molecule has 2 aliphatic rings. The van der Waals surface area contributed by atoms with Crippen molar-refractivity contribution in [2.45, 2.75) is 38.0 Å². The lowest BCUT2D eigenvalue weighted by atomic mass is 9.82. The molecule has 222 valence electrons. The highest BCUT2D eigenvalue weighted by molar-refractivity contribution is 9.10. The van der Waals surface area contributed by atoms with Gasteiger partial charge in [0.05, 0.1) is 12.8 Å². The van der Waals surface area contributed by atoms with Crippen molar-refractivity contribution < 1.29 is 29.3 Å². The van der Waals surface area contributed by atoms with E-state index in [0.717, 1.165) is 28.4 Å². The molecule has 0 spiro atoms. The summed E-state index contributed by atoms with van der Waals surface area (Å²) in [7, 11) is 1.55. The first-order valence-electron chi connectivity index (χ1n) is 13.9. The Balaban J connectivity index is 1.36. The molecule has 0 bridgehead atoms. The van der Waals surface area contributed by atoms with Gasteiger partial charge in [0.2, 0.25) is 5.91 Å². The number of benzene rings is 2. The van der Waals surface area contributed by atoms with Crippen molar-refractivity contribution in [3.05, 3.63) is 69.5 Å². The number of methoxy groups -OCH3 is 1. The number of nitrogens with two attached hydrogens (primary N) is 1. The van der Waals surface area contributed by atoms with Crippen molar-refractivity contribution in [3.63, 3.8) is 0 Å². The van der Waals surface area contributed by atoms with Crippen molar-refractivity contribution in [1.82, 2.24) is 15.3 Å². The third-order valence-electron chi connectivity index (χ3n) is 8.43. The van der Waals surface area contributed by atoms with Crippen LogP contribution < -0.4 is 20.5 Å². The zero-order valence-corrected chi connectivity index (χ0v) is 25.5. The largest absolute Gasteiger partial charge is 0.504 e. The summed E-state index contributed by atoms with van der Waals surface area (Å²) in [5.41, 5.74) is 8.91. The minimum atomic E-state index is -1.08. The number of aryl methyl sites for hydroxylation is 1. The SMILES string of the molecule is COc1cc(C(=O)NC[C@H](c2cc3c(c(-c4ccc(O)c(O)c4)n2)OC[C@]3(C)C(N)=O)C2CC2)cc2cc(Br)c(C)nc12. The van der Waals surface area contributed by atoms with E-state index in [2.05, 4.69) is 26.2 Å². The summed E-state index contributed by atoms with van der Waals surface area (Å²) in [6.07, 6.45) is 1.95. The fraction of sp³-hybridized carbons (Fsp3) is 0.312. The molecule has 1 saturated carbocycles. The normalized spacial score (nSPS) is 18.1. The van der Waals surface area contributed by atoms with Crippen LogP contribution in [0.1, 0.15) is 53.0 Å². The lowest BCUT2D eigenvalue weighted by molar-refractivity contribution is -0.123. The molecule has 10 nitrogen and oxygen atoms in total. The van der Waals surface area contributed by atoms with Gasteiger partial charge in [0.25, 0.3) is 5.91 Å². The number of rotatable bonds is 8. The summed E-state index contributed by atoms with van der Waals surface area (Å²) in [5.74, 6) is -0.319. The maximum Gasteiger partial charge on any atom is 0.251 e. The van der Waals surface area contributed by atoms with E-state index in [0.29, 0.717) is 51.6 Å². The van der Waals surface area contributed by atoms with Crippen LogP contribution in [0.3, 0.4) is 0 Å². The molecule has 6 rings (SSSR count). The van der Waals surface area contributed by atoms with Gasteiger partial charge in [-0.3, -0.25) is 9.59 Å². The highest BCUT2D eigenvalue weighted by Crippen LogP contribution is 2.49. The van der Waals surface area contributed by atoms with E-state index < -0.39 is 11.3 Å². The molecule has 3 heterocycles. The zero-order chi connectivity index (χ0) is 30.6. The Morgan fingerprint density at radius 3 is 2.60 bits per heavy atom. The number of nitrogens with zero attached hydrogens (tertiary/aromatic N) is 2. The number of aromatic hydroxyl groups is 2. The Kier molecular flexibility index (Phi) is 7.16. The standard InChI is InChI=1S/C32H31BrN4O6/c1-15-22(33)9-18-8-19(11-26(42-3)27(18)36-15)30(40)35-13-20(16-4-5-16)23-12-21-29(43-14-32(21,2)31(34)41)28(37-23)17-6-7-24(38)25(39)10-17/h6-12,16,20,38-39H,4-5,13-14H2,1-3H3,(H2,34,41)(H,35,40)/t20-,32-/m0/s1. The van der Waals surface area contributed by atoms with Gasteiger partial charge in [-0.25, -0.2) is 9.97 Å². The molecule has 1 fully saturated rings. The van der Waals surface area contributed by atoms with Crippen LogP contribution in [0.2, 0.25) is 0 Å². The van der Waals surface area contributed by atoms with E-state index in [1.54, 1.807) is 32.2 Å². The average Bonchev–Trinajstić information content (AvgIpc) is 3.76. The Morgan fingerprint density at radius 1 is 1.16 bits per heavy atom. The second-order valence-electron chi connectivity index (χ2n) is 11.4. The van der Waals surface area contributed by atoms with Gasteiger partial charge >= 0.3 is 0 Å². The monoisotopic (exact) mass is 646 g/mol. The van der Waals surface area contributed by atoms with Gasteiger partial charge < -0.3 is 30.7 Å². The molecule has 0 unspecified atom stereocenters. The maximum atomic E-state index is 13.5. The summed E-state index contributed by atoms with van der Waals surface area (Å²) in [6.45, 7) is 3.99. The van der Waals surface area contributed by atoms with Gasteiger partial charge in [-0.1, -0.05) is 0 Å². The van der Waals surface area contributed by atoms with Crippen LogP contribution in [-0.4, -0.2) is 52.3 Å². The fourth-order valence-electron chi connectivity index (χ4n) is 5.59. The number of hydrogen-bond donors (Lipinski definition) is 4. The molecule has 2 atom stereocenters. The van der Waals surface area contributed by atoms with Gasteiger partial charge in [0.15, 0.2) is 11.5 Å². The van der Waals surface area contributed by atoms with Crippen molar-refractivity contribution >= 4 is 38.6 Å². The highest BCUT2D eigenvalue weighted by Gasteiger charge is 2.45. The van der Waals surface area contributed by atoms with E-state index in [4.69, 9.17) is 20.2 Å². The number of amides is 2. The minimum Gasteiger partial charge on any atom is -0.504 e. The van der Waals surface area contributed by atoms with E-state index in [1.807, 2.05) is 19.1 Å². The van der Waals surface area contributed by atoms with Gasteiger partial charge in [0.1, 0.15) is 34.7 Å². The summed E-state index contributed by atoms with van der Waals surface area (Å²) < 4.78 is 12.4. The minimum absolute atomic E-state index is 0.0546. The second kappa shape index (κ2) is 10.7. The summed E-state index contributed by atoms with van der Waals surface area (Å²) in [4.78, 5) is 35.6. The van der Waals surface area contributed by atoms with Crippen molar-refractivity contribution in [3.8, 4) is 34.3 Å². The lowest BCUT2D eigenvalue weighted by Gasteiger charge is -2.22. The number of nitrogens with one attached hydrogen (secondary N) is 1. The van der Waals surface area contributed by atoms with E-state index in [9.17, 15) is 19.8 Å². The molecule has 11 heteroatoms. The number of pyridine rings is 2. The number of phenols is 2. The molecule has 43 heavy (non-hydrogen) atoms. The Bertz CT molecular complexity index is 1810. The molecule has 2 aromatic carbocycles. The number of halogens is 1. The van der Waals surface area contributed by atoms with Gasteiger partial charge in [0, 0.05) is 44.7 Å². The summed E-state index contributed by atoms with van der Waals surface area (Å²) in [6, 6.07) is 11.6. The third-order valence-corrected chi connectivity index (χ3v) is 9.24. The predicted octanol–water partition coefficient (Wildman–Crippen LogP) is 4.85. The number of phenolic OH excluding ortho intramolecular Hbond substituents is 2. The zero-order valence-electron chi connectivity index (χ0n) is 23.9. The van der Waals surface area contributed by atoms with Crippen LogP contribution in [0.5, 0.6) is 23.0 Å². The molecule has 5 N–H and O–H groups in total. The number of carbonyl (C=O) groups excluding carboxylic acids is 2. The van der Waals surface area contributed by atoms with Crippen molar-refractivity contribution in [2.75, 3.05) is 20.3 Å². The van der Waals surface area contributed by atoms with Crippen LogP contribution in [0.4, 0.5) is 0 Å². The first-order valence-corrected chi connectivity index (χ1v) is 14.7. The average molecular weight is 648 g/mol. The van der Waals surface area contributed by atoms with Gasteiger partial charge in [-0.15, -0.1) is 0 Å². The molecule has 2 amide bonds. The smallest absolute Gasteiger partial charge is 0.251 e. The topological polar surface area (TPSA) is 157 Å². The number of hydrogen-bond acceptors (Lipinski definition) is 8. The number of ether oxygens (including phenoxy) is 2. The highest BCUT2D eigenvalue weighted by atomic mass is 79.9. The second-order valence-corrected chi connectivity index (χ2v) is 12.3. The first-order chi connectivity index (χ1) is 20.5. The molecule has 0 radical (unpaired) electrons. The summed E-state index contributed by atoms with van der Waals surface area (Å²) >= 11 is 3.52. The lowest BCUT2D eigenvalue weighted by Crippen LogP contribution is -2.40. The Morgan fingerprint density at radius 2 is 1.93 bits per heavy atom. The van der Waals surface area contributed by atoms with Crippen LogP contribution >= 0.6 is 15.9 Å². The van der Waals surface area contributed by atoms with E-state index >= 15 is 0 Å². The quantitative estimate of drug-likeness (QED) is 0.198. The van der Waals surface area contributed by atoms with Crippen molar-refractivity contribution in [2.24, 2.45) is 11.7 Å². The molecule has 1 aliphatic carbocycles. The predicted molar refractivity (Wildman–Crippen MR) is 164 cm³/mol. The van der Waals surface area contributed by atoms with E-state index in [-0.39, 0.29) is 35.8 Å². The maximum absolute atomic E-state index is 13.5. The van der Waals surface area contributed by atoms with E-state index in [1.165, 1.54) is 12.1 Å². The van der Waals surface area contributed by atoms with Crippen LogP contribution in [-0.2, 0) is 10.2 Å². The molecule has 4 aromatic rings. The Hall–Kier alpha value is -4.38. The van der Waals surface area contributed by atoms with Crippen LogP contribution in [0.25, 0.3) is 22.2 Å². The molecular weight excluding hydrogens is 616 g/mol. The molecule has 2 aromatic heterocycles. The fourth-order valence-corrected chi connectivity index (χ4v) is 5.92. The number of fused-ring (bicyclic) bond motifs is 2. The molecular formula is C32H31BrN4O6. The van der Waals surface area contributed by atoms with Crippen molar-refractivity contribution in [1.29, 1.82) is 0 Å². The number of primary amides is 1. The third kappa shape index (κ3) is 5.11. The molecule has 0 saturated heterocycles. The van der Waals surface area contributed by atoms with Crippen LogP contribution in [0, 0.1) is 12.8 Å². The van der Waals surface area contributed by atoms with Gasteiger partial charge in [-0.2, -0.15) is 0 Å².